The zero-order valence-electron chi connectivity index (χ0n) is 16.3. The molecule has 0 aliphatic heterocycles. The summed E-state index contributed by atoms with van der Waals surface area (Å²) >= 11 is 2.49. The highest BCUT2D eigenvalue weighted by Gasteiger charge is 2.14. The molecule has 162 valence electrons. The lowest BCUT2D eigenvalue weighted by molar-refractivity contribution is -0.120. The lowest BCUT2D eigenvalue weighted by atomic mass is 10.4. The maximum atomic E-state index is 12.1. The predicted octanol–water partition coefficient (Wildman–Crippen LogP) is -0.639. The van der Waals surface area contributed by atoms with Crippen molar-refractivity contribution in [2.24, 2.45) is 5.73 Å². The SMILES string of the molecule is CC(=O)NCc1nc(C(=O)NCC(=O)NCc2nc(C(=O)NCCCN)cs2)cs1. The predicted molar refractivity (Wildman–Crippen MR) is 112 cm³/mol. The Morgan fingerprint density at radius 3 is 2.03 bits per heavy atom. The Balaban J connectivity index is 1.71. The van der Waals surface area contributed by atoms with E-state index < -0.39 is 11.8 Å². The number of hydrogen-bond donors (Lipinski definition) is 5. The van der Waals surface area contributed by atoms with Crippen molar-refractivity contribution in [1.29, 1.82) is 0 Å². The van der Waals surface area contributed by atoms with Gasteiger partial charge in [0, 0.05) is 24.2 Å². The summed E-state index contributed by atoms with van der Waals surface area (Å²) in [5, 5.41) is 14.7. The molecule has 0 aliphatic carbocycles. The van der Waals surface area contributed by atoms with Crippen molar-refractivity contribution in [1.82, 2.24) is 31.2 Å². The van der Waals surface area contributed by atoms with Crippen LogP contribution in [0.1, 0.15) is 44.3 Å². The molecular formula is C17H23N7O4S2. The number of carbonyl (C=O) groups excluding carboxylic acids is 4. The Kier molecular flexibility index (Phi) is 9.31. The molecule has 2 aromatic heterocycles. The normalized spacial score (nSPS) is 10.3. The van der Waals surface area contributed by atoms with Crippen LogP contribution in [0.25, 0.3) is 0 Å². The maximum absolute atomic E-state index is 12.1. The Hall–Kier alpha value is -2.90. The smallest absolute Gasteiger partial charge is 0.271 e. The summed E-state index contributed by atoms with van der Waals surface area (Å²) in [5.41, 5.74) is 5.84. The molecule has 0 radical (unpaired) electrons. The molecule has 2 aromatic rings. The molecule has 0 atom stereocenters. The van der Waals surface area contributed by atoms with E-state index in [4.69, 9.17) is 5.73 Å². The molecular weight excluding hydrogens is 430 g/mol. The highest BCUT2D eigenvalue weighted by atomic mass is 32.1. The van der Waals surface area contributed by atoms with Crippen LogP contribution >= 0.6 is 22.7 Å². The molecule has 0 saturated carbocycles. The number of carbonyl (C=O) groups is 4. The summed E-state index contributed by atoms with van der Waals surface area (Å²) in [5.74, 6) is -1.36. The first-order valence-electron chi connectivity index (χ1n) is 9.05. The van der Waals surface area contributed by atoms with Crippen molar-refractivity contribution in [3.05, 3.63) is 32.2 Å². The van der Waals surface area contributed by atoms with Crippen LogP contribution in [0.2, 0.25) is 0 Å². The van der Waals surface area contributed by atoms with Gasteiger partial charge >= 0.3 is 0 Å². The van der Waals surface area contributed by atoms with Gasteiger partial charge in [-0.3, -0.25) is 19.2 Å². The molecule has 4 amide bonds. The summed E-state index contributed by atoms with van der Waals surface area (Å²) in [6.07, 6.45) is 0.683. The van der Waals surface area contributed by atoms with Crippen molar-refractivity contribution in [2.75, 3.05) is 19.6 Å². The van der Waals surface area contributed by atoms with E-state index in [1.807, 2.05) is 0 Å². The number of nitrogens with zero attached hydrogens (tertiary/aromatic N) is 2. The first-order chi connectivity index (χ1) is 14.4. The molecule has 30 heavy (non-hydrogen) atoms. The molecule has 2 heterocycles. The van der Waals surface area contributed by atoms with Crippen LogP contribution in [0.5, 0.6) is 0 Å². The van der Waals surface area contributed by atoms with Crippen LogP contribution < -0.4 is 27.0 Å². The summed E-state index contributed by atoms with van der Waals surface area (Å²) in [7, 11) is 0. The monoisotopic (exact) mass is 453 g/mol. The third kappa shape index (κ3) is 7.85. The lowest BCUT2D eigenvalue weighted by Gasteiger charge is -2.04. The van der Waals surface area contributed by atoms with Gasteiger partial charge in [-0.25, -0.2) is 9.97 Å². The second-order valence-corrected chi connectivity index (χ2v) is 7.91. The van der Waals surface area contributed by atoms with Gasteiger partial charge < -0.3 is 27.0 Å². The summed E-state index contributed by atoms with van der Waals surface area (Å²) < 4.78 is 0. The number of rotatable bonds is 11. The zero-order valence-corrected chi connectivity index (χ0v) is 18.0. The van der Waals surface area contributed by atoms with Crippen molar-refractivity contribution >= 4 is 46.3 Å². The van der Waals surface area contributed by atoms with Gasteiger partial charge in [0.1, 0.15) is 21.4 Å². The number of amides is 4. The quantitative estimate of drug-likeness (QED) is 0.282. The molecule has 0 unspecified atom stereocenters. The molecule has 13 heteroatoms. The summed E-state index contributed by atoms with van der Waals surface area (Å²) in [6, 6.07) is 0. The minimum Gasteiger partial charge on any atom is -0.351 e. The number of nitrogens with one attached hydrogen (secondary N) is 4. The van der Waals surface area contributed by atoms with Gasteiger partial charge in [0.25, 0.3) is 11.8 Å². The minimum absolute atomic E-state index is 0.146. The third-order valence-electron chi connectivity index (χ3n) is 3.57. The molecule has 0 fully saturated rings. The first-order valence-corrected chi connectivity index (χ1v) is 10.8. The van der Waals surface area contributed by atoms with E-state index in [-0.39, 0.29) is 42.8 Å². The molecule has 2 rings (SSSR count). The third-order valence-corrected chi connectivity index (χ3v) is 5.27. The first kappa shape index (κ1) is 23.4. The van der Waals surface area contributed by atoms with Gasteiger partial charge in [-0.05, 0) is 13.0 Å². The van der Waals surface area contributed by atoms with Crippen LogP contribution in [-0.2, 0) is 22.7 Å². The van der Waals surface area contributed by atoms with Gasteiger partial charge in [-0.2, -0.15) is 0 Å². The Morgan fingerprint density at radius 1 is 0.900 bits per heavy atom. The Bertz CT molecular complexity index is 896. The summed E-state index contributed by atoms with van der Waals surface area (Å²) in [4.78, 5) is 55.1. The van der Waals surface area contributed by atoms with E-state index >= 15 is 0 Å². The molecule has 0 aromatic carbocycles. The van der Waals surface area contributed by atoms with E-state index in [0.29, 0.717) is 29.5 Å². The van der Waals surface area contributed by atoms with Gasteiger partial charge in [-0.15, -0.1) is 22.7 Å². The fourth-order valence-electron chi connectivity index (χ4n) is 2.08. The molecule has 0 bridgehead atoms. The Morgan fingerprint density at radius 2 is 1.47 bits per heavy atom. The van der Waals surface area contributed by atoms with E-state index in [2.05, 4.69) is 31.2 Å². The number of aromatic nitrogens is 2. The van der Waals surface area contributed by atoms with E-state index in [0.717, 1.165) is 0 Å². The highest BCUT2D eigenvalue weighted by Crippen LogP contribution is 2.10. The average Bonchev–Trinajstić information content (AvgIpc) is 3.38. The van der Waals surface area contributed by atoms with Gasteiger partial charge in [-0.1, -0.05) is 0 Å². The van der Waals surface area contributed by atoms with E-state index in [9.17, 15) is 19.2 Å². The van der Waals surface area contributed by atoms with Crippen LogP contribution in [0.4, 0.5) is 0 Å². The summed E-state index contributed by atoms with van der Waals surface area (Å²) in [6.45, 7) is 2.53. The molecule has 6 N–H and O–H groups in total. The van der Waals surface area contributed by atoms with Gasteiger partial charge in [0.05, 0.1) is 19.6 Å². The van der Waals surface area contributed by atoms with E-state index in [1.165, 1.54) is 29.6 Å². The number of thiazole rings is 2. The topological polar surface area (TPSA) is 168 Å². The molecule has 0 spiro atoms. The van der Waals surface area contributed by atoms with Gasteiger partial charge in [0.15, 0.2) is 0 Å². The molecule has 11 nitrogen and oxygen atoms in total. The van der Waals surface area contributed by atoms with Crippen molar-refractivity contribution in [2.45, 2.75) is 26.4 Å². The number of hydrogen-bond acceptors (Lipinski definition) is 9. The van der Waals surface area contributed by atoms with E-state index in [1.54, 1.807) is 10.8 Å². The van der Waals surface area contributed by atoms with Gasteiger partial charge in [0.2, 0.25) is 11.8 Å². The fourth-order valence-corrected chi connectivity index (χ4v) is 3.50. The molecule has 0 aliphatic rings. The van der Waals surface area contributed by atoms with Crippen molar-refractivity contribution < 1.29 is 19.2 Å². The fraction of sp³-hybridized carbons (Fsp3) is 0.412. The number of nitrogens with two attached hydrogens (primary N) is 1. The zero-order chi connectivity index (χ0) is 21.9. The van der Waals surface area contributed by atoms with Crippen LogP contribution in [-0.4, -0.2) is 53.2 Å². The second-order valence-electron chi connectivity index (χ2n) is 6.02. The second kappa shape index (κ2) is 11.9. The van der Waals surface area contributed by atoms with Crippen molar-refractivity contribution in [3.63, 3.8) is 0 Å². The largest absolute Gasteiger partial charge is 0.351 e. The highest BCUT2D eigenvalue weighted by molar-refractivity contribution is 7.10. The van der Waals surface area contributed by atoms with Crippen LogP contribution in [0, 0.1) is 0 Å². The molecule has 0 saturated heterocycles. The Labute approximate surface area is 180 Å². The van der Waals surface area contributed by atoms with Crippen LogP contribution in [0.15, 0.2) is 10.8 Å². The minimum atomic E-state index is -0.485. The van der Waals surface area contributed by atoms with Crippen molar-refractivity contribution in [3.8, 4) is 0 Å². The lowest BCUT2D eigenvalue weighted by Crippen LogP contribution is -2.36. The average molecular weight is 454 g/mol. The standard InChI is InChI=1S/C17H23N7O4S2/c1-10(25)20-6-14-24-12(9-29-14)17(28)22-5-13(26)21-7-15-23-11(8-30-15)16(27)19-4-2-3-18/h8-9H,2-7,18H2,1H3,(H,19,27)(H,20,25)(H,21,26)(H,22,28). The van der Waals surface area contributed by atoms with Crippen LogP contribution in [0.3, 0.4) is 0 Å². The maximum Gasteiger partial charge on any atom is 0.271 e.